The van der Waals surface area contributed by atoms with Gasteiger partial charge in [0.25, 0.3) is 0 Å². The number of ether oxygens (including phenoxy) is 3. The minimum absolute atomic E-state index is 0.0207. The number of nitrogens with zero attached hydrogens (tertiary/aromatic N) is 1. The minimum atomic E-state index is -1.10. The van der Waals surface area contributed by atoms with E-state index in [1.165, 1.54) is 4.90 Å². The summed E-state index contributed by atoms with van der Waals surface area (Å²) in [6.45, 7) is 4.23. The van der Waals surface area contributed by atoms with Crippen molar-refractivity contribution < 1.29 is 33.7 Å². The number of fused-ring (bicyclic) bond motifs is 3. The van der Waals surface area contributed by atoms with Gasteiger partial charge in [-0.1, -0.05) is 78.9 Å². The summed E-state index contributed by atoms with van der Waals surface area (Å²) in [5.41, 5.74) is 5.31. The van der Waals surface area contributed by atoms with Gasteiger partial charge in [-0.3, -0.25) is 9.59 Å². The fourth-order valence-electron chi connectivity index (χ4n) is 5.82. The monoisotopic (exact) mass is 572 g/mol. The smallest absolute Gasteiger partial charge is 0.407 e. The molecule has 0 saturated carbocycles. The van der Waals surface area contributed by atoms with E-state index in [4.69, 9.17) is 14.2 Å². The van der Waals surface area contributed by atoms with Crippen LogP contribution in [0.25, 0.3) is 11.1 Å². The number of carboxylic acid groups (broad SMARTS) is 1. The average Bonchev–Trinajstić information content (AvgIpc) is 3.57. The molecule has 42 heavy (non-hydrogen) atoms. The Bertz CT molecular complexity index is 1370. The van der Waals surface area contributed by atoms with Crippen LogP contribution in [-0.4, -0.2) is 72.5 Å². The summed E-state index contributed by atoms with van der Waals surface area (Å²) in [6, 6.07) is 24.5. The first kappa shape index (κ1) is 29.3. The van der Waals surface area contributed by atoms with Gasteiger partial charge in [0.2, 0.25) is 5.91 Å². The lowest BCUT2D eigenvalue weighted by atomic mass is 9.98. The topological polar surface area (TPSA) is 114 Å². The van der Waals surface area contributed by atoms with Gasteiger partial charge >= 0.3 is 12.1 Å². The average molecular weight is 573 g/mol. The number of carboxylic acids is 1. The largest absolute Gasteiger partial charge is 0.481 e. The van der Waals surface area contributed by atoms with Gasteiger partial charge in [-0.15, -0.1) is 0 Å². The normalized spacial score (nSPS) is 19.0. The predicted octanol–water partition coefficient (Wildman–Crippen LogP) is 4.45. The molecule has 2 N–H and O–H groups in total. The van der Waals surface area contributed by atoms with Gasteiger partial charge < -0.3 is 29.5 Å². The zero-order valence-corrected chi connectivity index (χ0v) is 23.8. The standard InChI is InChI=1S/C33H36N2O7/c1-3-40-29-18-35(17-27(29)32(37)38)31(36)30(21(2)41-19-22-11-5-4-6-12-22)34-33(39)42-20-28-25-15-9-7-13-23(25)24-14-8-10-16-26(24)28/h4-16,21,27-30H,3,17-20H2,1-2H3,(H,34,39)(H,37,38)/t21-,27?,29?,30+/m0/s1. The third-order valence-electron chi connectivity index (χ3n) is 7.98. The van der Waals surface area contributed by atoms with Crippen LogP contribution in [0.15, 0.2) is 78.9 Å². The molecule has 0 spiro atoms. The summed E-state index contributed by atoms with van der Waals surface area (Å²) in [6.07, 6.45) is -2.11. The number of likely N-dealkylation sites (tertiary alicyclic amines) is 1. The summed E-state index contributed by atoms with van der Waals surface area (Å²) in [4.78, 5) is 40.2. The molecule has 4 atom stereocenters. The van der Waals surface area contributed by atoms with E-state index < -0.39 is 42.1 Å². The second kappa shape index (κ2) is 13.2. The molecule has 1 aliphatic heterocycles. The molecule has 0 bridgehead atoms. The molecule has 1 heterocycles. The number of carbonyl (C=O) groups is 3. The lowest BCUT2D eigenvalue weighted by molar-refractivity contribution is -0.145. The van der Waals surface area contributed by atoms with Gasteiger partial charge in [0, 0.05) is 25.6 Å². The molecular weight excluding hydrogens is 536 g/mol. The maximum atomic E-state index is 13.8. The highest BCUT2D eigenvalue weighted by Crippen LogP contribution is 2.44. The number of carbonyl (C=O) groups excluding carboxylic acids is 2. The van der Waals surface area contributed by atoms with Gasteiger partial charge in [-0.2, -0.15) is 0 Å². The first-order valence-corrected chi connectivity index (χ1v) is 14.3. The molecule has 1 saturated heterocycles. The van der Waals surface area contributed by atoms with Crippen molar-refractivity contribution in [2.75, 3.05) is 26.3 Å². The summed E-state index contributed by atoms with van der Waals surface area (Å²) >= 11 is 0. The van der Waals surface area contributed by atoms with Gasteiger partial charge in [0.1, 0.15) is 18.6 Å². The van der Waals surface area contributed by atoms with Crippen molar-refractivity contribution in [3.05, 3.63) is 95.6 Å². The van der Waals surface area contributed by atoms with E-state index in [-0.39, 0.29) is 32.2 Å². The Labute approximate surface area is 245 Å². The second-order valence-electron chi connectivity index (χ2n) is 10.6. The lowest BCUT2D eigenvalue weighted by Gasteiger charge is -2.28. The van der Waals surface area contributed by atoms with E-state index in [2.05, 4.69) is 17.4 Å². The molecule has 1 aliphatic carbocycles. The Hall–Kier alpha value is -4.21. The van der Waals surface area contributed by atoms with Crippen molar-refractivity contribution in [1.29, 1.82) is 0 Å². The fraction of sp³-hybridized carbons (Fsp3) is 0.364. The number of amides is 2. The maximum Gasteiger partial charge on any atom is 0.407 e. The molecule has 2 aliphatic rings. The molecule has 9 heteroatoms. The molecule has 0 radical (unpaired) electrons. The number of aliphatic carboxylic acids is 1. The van der Waals surface area contributed by atoms with Crippen LogP contribution in [0.4, 0.5) is 4.79 Å². The minimum Gasteiger partial charge on any atom is -0.481 e. The van der Waals surface area contributed by atoms with Crippen LogP contribution in [0.3, 0.4) is 0 Å². The van der Waals surface area contributed by atoms with E-state index in [9.17, 15) is 19.5 Å². The van der Waals surface area contributed by atoms with Crippen LogP contribution in [0, 0.1) is 5.92 Å². The van der Waals surface area contributed by atoms with Crippen LogP contribution in [-0.2, 0) is 30.4 Å². The molecule has 3 aromatic rings. The molecular formula is C33H36N2O7. The predicted molar refractivity (Wildman–Crippen MR) is 156 cm³/mol. The summed E-state index contributed by atoms with van der Waals surface area (Å²) in [5.74, 6) is -2.47. The van der Waals surface area contributed by atoms with Gasteiger partial charge in [0.15, 0.2) is 0 Å². The number of hydrogen-bond acceptors (Lipinski definition) is 6. The Kier molecular flexibility index (Phi) is 9.19. The molecule has 0 aromatic heterocycles. The van der Waals surface area contributed by atoms with Crippen molar-refractivity contribution in [2.45, 2.75) is 44.6 Å². The summed E-state index contributed by atoms with van der Waals surface area (Å²) in [7, 11) is 0. The van der Waals surface area contributed by atoms with E-state index >= 15 is 0 Å². The summed E-state index contributed by atoms with van der Waals surface area (Å²) in [5, 5.41) is 12.4. The number of alkyl carbamates (subject to hydrolysis) is 1. The van der Waals surface area contributed by atoms with Crippen LogP contribution in [0.2, 0.25) is 0 Å². The van der Waals surface area contributed by atoms with E-state index in [0.717, 1.165) is 27.8 Å². The Morgan fingerprint density at radius 2 is 1.55 bits per heavy atom. The van der Waals surface area contributed by atoms with Crippen molar-refractivity contribution in [3.63, 3.8) is 0 Å². The van der Waals surface area contributed by atoms with Crippen molar-refractivity contribution in [1.82, 2.24) is 10.2 Å². The van der Waals surface area contributed by atoms with Crippen LogP contribution in [0.1, 0.15) is 36.5 Å². The number of rotatable bonds is 11. The van der Waals surface area contributed by atoms with E-state index in [0.29, 0.717) is 6.61 Å². The van der Waals surface area contributed by atoms with Crippen LogP contribution in [0.5, 0.6) is 0 Å². The van der Waals surface area contributed by atoms with E-state index in [1.54, 1.807) is 13.8 Å². The van der Waals surface area contributed by atoms with Crippen molar-refractivity contribution >= 4 is 18.0 Å². The molecule has 2 amide bonds. The molecule has 220 valence electrons. The third-order valence-corrected chi connectivity index (χ3v) is 7.98. The van der Waals surface area contributed by atoms with Gasteiger partial charge in [0.05, 0.1) is 18.8 Å². The van der Waals surface area contributed by atoms with Crippen molar-refractivity contribution in [3.8, 4) is 11.1 Å². The second-order valence-corrected chi connectivity index (χ2v) is 10.6. The Balaban J connectivity index is 1.30. The van der Waals surface area contributed by atoms with Crippen LogP contribution >= 0.6 is 0 Å². The molecule has 2 unspecified atom stereocenters. The lowest BCUT2D eigenvalue weighted by Crippen LogP contribution is -2.54. The molecule has 1 fully saturated rings. The first-order chi connectivity index (χ1) is 20.4. The number of nitrogens with one attached hydrogen (secondary N) is 1. The van der Waals surface area contributed by atoms with E-state index in [1.807, 2.05) is 66.7 Å². The molecule has 9 nitrogen and oxygen atoms in total. The van der Waals surface area contributed by atoms with Gasteiger partial charge in [-0.25, -0.2) is 4.79 Å². The highest BCUT2D eigenvalue weighted by molar-refractivity contribution is 5.87. The Morgan fingerprint density at radius 1 is 0.929 bits per heavy atom. The van der Waals surface area contributed by atoms with Crippen molar-refractivity contribution in [2.24, 2.45) is 5.92 Å². The SMILES string of the molecule is CCOC1CN(C(=O)[C@H](NC(=O)OCC2c3ccccc3-c3ccccc32)[C@H](C)OCc2ccccc2)CC1C(=O)O. The molecule has 3 aromatic carbocycles. The third kappa shape index (κ3) is 6.32. The zero-order valence-electron chi connectivity index (χ0n) is 23.8. The van der Waals surface area contributed by atoms with Crippen LogP contribution < -0.4 is 5.32 Å². The maximum absolute atomic E-state index is 13.8. The zero-order chi connectivity index (χ0) is 29.6. The first-order valence-electron chi connectivity index (χ1n) is 14.3. The van der Waals surface area contributed by atoms with Gasteiger partial charge in [-0.05, 0) is 41.7 Å². The highest BCUT2D eigenvalue weighted by Gasteiger charge is 2.43. The number of benzene rings is 3. The Morgan fingerprint density at radius 3 is 2.17 bits per heavy atom. The fourth-order valence-corrected chi connectivity index (χ4v) is 5.82. The summed E-state index contributed by atoms with van der Waals surface area (Å²) < 4.78 is 17.4. The highest BCUT2D eigenvalue weighted by atomic mass is 16.5. The number of hydrogen-bond donors (Lipinski definition) is 2. The molecule has 5 rings (SSSR count). The quantitative estimate of drug-likeness (QED) is 0.349.